The van der Waals surface area contributed by atoms with E-state index >= 15 is 0 Å². The Labute approximate surface area is 138 Å². The molecule has 8 nitrogen and oxygen atoms in total. The first kappa shape index (κ1) is 17.7. The highest BCUT2D eigenvalue weighted by atomic mass is 16.5. The molecule has 1 aromatic heterocycles. The fourth-order valence-electron chi connectivity index (χ4n) is 2.54. The molecule has 0 unspecified atom stereocenters. The van der Waals surface area contributed by atoms with Crippen molar-refractivity contribution in [1.29, 1.82) is 0 Å². The van der Waals surface area contributed by atoms with Gasteiger partial charge in [0, 0.05) is 38.8 Å². The summed E-state index contributed by atoms with van der Waals surface area (Å²) in [5.74, 6) is 1.64. The summed E-state index contributed by atoms with van der Waals surface area (Å²) >= 11 is 0. The lowest BCUT2D eigenvalue weighted by atomic mass is 10.0. The monoisotopic (exact) mass is 323 g/mol. The highest BCUT2D eigenvalue weighted by molar-refractivity contribution is 5.79. The first-order valence-electron chi connectivity index (χ1n) is 8.21. The average molecular weight is 323 g/mol. The summed E-state index contributed by atoms with van der Waals surface area (Å²) < 4.78 is 7.18. The fraction of sp³-hybridized carbons (Fsp3) is 0.800. The van der Waals surface area contributed by atoms with E-state index < -0.39 is 0 Å². The molecule has 0 saturated carbocycles. The molecule has 2 heterocycles. The van der Waals surface area contributed by atoms with E-state index in [9.17, 15) is 0 Å². The van der Waals surface area contributed by atoms with Crippen molar-refractivity contribution >= 4 is 5.96 Å². The van der Waals surface area contributed by atoms with Crippen molar-refractivity contribution in [3.8, 4) is 0 Å². The number of hydrogen-bond acceptors (Lipinski definition) is 5. The third-order valence-corrected chi connectivity index (χ3v) is 4.08. The van der Waals surface area contributed by atoms with Crippen molar-refractivity contribution in [3.63, 3.8) is 0 Å². The summed E-state index contributed by atoms with van der Waals surface area (Å²) in [6.07, 6.45) is 1.55. The third-order valence-electron chi connectivity index (χ3n) is 4.08. The van der Waals surface area contributed by atoms with E-state index in [1.165, 1.54) is 0 Å². The van der Waals surface area contributed by atoms with E-state index in [2.05, 4.69) is 51.4 Å². The van der Waals surface area contributed by atoms with Gasteiger partial charge >= 0.3 is 0 Å². The second-order valence-electron chi connectivity index (χ2n) is 6.26. The number of morpholine rings is 1. The van der Waals surface area contributed by atoms with Crippen molar-refractivity contribution < 1.29 is 4.74 Å². The topological polar surface area (TPSA) is 79.6 Å². The number of nitrogens with one attached hydrogen (secondary N) is 2. The van der Waals surface area contributed by atoms with E-state index in [1.54, 1.807) is 11.0 Å². The Bertz CT molecular complexity index is 506. The van der Waals surface area contributed by atoms with Gasteiger partial charge in [-0.3, -0.25) is 9.58 Å². The summed E-state index contributed by atoms with van der Waals surface area (Å²) in [4.78, 5) is 11.2. The van der Waals surface area contributed by atoms with Crippen molar-refractivity contribution in [1.82, 2.24) is 30.3 Å². The third kappa shape index (κ3) is 5.18. The minimum atomic E-state index is 0.0464. The van der Waals surface area contributed by atoms with Crippen LogP contribution in [-0.2, 0) is 18.3 Å². The Hall–Kier alpha value is -1.67. The smallest absolute Gasteiger partial charge is 0.191 e. The molecule has 0 spiro atoms. The van der Waals surface area contributed by atoms with Crippen molar-refractivity contribution in [2.45, 2.75) is 32.9 Å². The van der Waals surface area contributed by atoms with Gasteiger partial charge < -0.3 is 15.4 Å². The zero-order chi connectivity index (χ0) is 16.7. The predicted octanol–water partition coefficient (Wildman–Crippen LogP) is -0.0190. The molecule has 2 N–H and O–H groups in total. The Balaban J connectivity index is 1.91. The maximum atomic E-state index is 5.44. The van der Waals surface area contributed by atoms with Crippen molar-refractivity contribution in [2.75, 3.05) is 39.4 Å². The number of ether oxygens (including phenoxy) is 1. The largest absolute Gasteiger partial charge is 0.379 e. The van der Waals surface area contributed by atoms with E-state index in [4.69, 9.17) is 4.74 Å². The Morgan fingerprint density at radius 2 is 2.09 bits per heavy atom. The summed E-state index contributed by atoms with van der Waals surface area (Å²) in [5.41, 5.74) is 0.0464. The van der Waals surface area contributed by atoms with Gasteiger partial charge in [0.05, 0.1) is 13.2 Å². The van der Waals surface area contributed by atoms with Gasteiger partial charge in [-0.25, -0.2) is 9.98 Å². The van der Waals surface area contributed by atoms with Gasteiger partial charge in [0.25, 0.3) is 0 Å². The average Bonchev–Trinajstić information content (AvgIpc) is 2.96. The van der Waals surface area contributed by atoms with Crippen LogP contribution in [-0.4, -0.2) is 70.6 Å². The lowest BCUT2D eigenvalue weighted by Gasteiger charge is -2.41. The minimum Gasteiger partial charge on any atom is -0.379 e. The van der Waals surface area contributed by atoms with Crippen LogP contribution in [0.25, 0.3) is 0 Å². The molecule has 1 aliphatic heterocycles. The Morgan fingerprint density at radius 3 is 2.70 bits per heavy atom. The van der Waals surface area contributed by atoms with E-state index in [0.717, 1.165) is 51.2 Å². The molecule has 0 aliphatic carbocycles. The van der Waals surface area contributed by atoms with Crippen LogP contribution in [0.5, 0.6) is 0 Å². The van der Waals surface area contributed by atoms with Gasteiger partial charge in [0.1, 0.15) is 18.7 Å². The lowest BCUT2D eigenvalue weighted by Crippen LogP contribution is -2.56. The molecule has 0 radical (unpaired) electrons. The van der Waals surface area contributed by atoms with Gasteiger partial charge in [0.2, 0.25) is 0 Å². The van der Waals surface area contributed by atoms with Crippen molar-refractivity contribution in [2.24, 2.45) is 12.0 Å². The van der Waals surface area contributed by atoms with Gasteiger partial charge in [0.15, 0.2) is 5.96 Å². The zero-order valence-corrected chi connectivity index (χ0v) is 14.7. The fourth-order valence-corrected chi connectivity index (χ4v) is 2.54. The second kappa shape index (κ2) is 8.26. The first-order chi connectivity index (χ1) is 11.0. The summed E-state index contributed by atoms with van der Waals surface area (Å²) in [6, 6.07) is 0. The first-order valence-corrected chi connectivity index (χ1v) is 8.21. The maximum absolute atomic E-state index is 5.44. The van der Waals surface area contributed by atoms with Crippen molar-refractivity contribution in [3.05, 3.63) is 12.2 Å². The molecule has 0 bridgehead atoms. The lowest BCUT2D eigenvalue weighted by molar-refractivity contribution is -0.00834. The van der Waals surface area contributed by atoms with Gasteiger partial charge in [-0.15, -0.1) is 0 Å². The molecular formula is C15H29N7O. The molecule has 0 atom stereocenters. The van der Waals surface area contributed by atoms with Crippen LogP contribution in [0.2, 0.25) is 0 Å². The highest BCUT2D eigenvalue weighted by Crippen LogP contribution is 2.14. The van der Waals surface area contributed by atoms with Gasteiger partial charge in [-0.2, -0.15) is 5.10 Å². The van der Waals surface area contributed by atoms with Crippen LogP contribution in [0.3, 0.4) is 0 Å². The summed E-state index contributed by atoms with van der Waals surface area (Å²) in [5, 5.41) is 10.8. The molecule has 0 amide bonds. The number of guanidine groups is 1. The van der Waals surface area contributed by atoms with Gasteiger partial charge in [-0.1, -0.05) is 0 Å². The van der Waals surface area contributed by atoms with Crippen LogP contribution in [0.4, 0.5) is 0 Å². The van der Waals surface area contributed by atoms with Crippen LogP contribution in [0.1, 0.15) is 26.6 Å². The molecular weight excluding hydrogens is 294 g/mol. The van der Waals surface area contributed by atoms with Crippen LogP contribution < -0.4 is 10.6 Å². The molecule has 0 aromatic carbocycles. The maximum Gasteiger partial charge on any atom is 0.191 e. The van der Waals surface area contributed by atoms with E-state index in [1.807, 2.05) is 7.05 Å². The van der Waals surface area contributed by atoms with Crippen LogP contribution in [0.15, 0.2) is 11.3 Å². The SMILES string of the molecule is CCNC(=NCc1ncnn1C)NCC(C)(C)N1CCOCC1. The van der Waals surface area contributed by atoms with E-state index in [-0.39, 0.29) is 5.54 Å². The number of rotatable bonds is 6. The number of hydrogen-bond donors (Lipinski definition) is 2. The molecule has 1 saturated heterocycles. The van der Waals surface area contributed by atoms with Crippen LogP contribution in [0, 0.1) is 0 Å². The zero-order valence-electron chi connectivity index (χ0n) is 14.7. The molecule has 1 aliphatic rings. The summed E-state index contributed by atoms with van der Waals surface area (Å²) in [6.45, 7) is 12.3. The minimum absolute atomic E-state index is 0.0464. The van der Waals surface area contributed by atoms with E-state index in [0.29, 0.717) is 6.54 Å². The number of aliphatic imine (C=N–C) groups is 1. The van der Waals surface area contributed by atoms with Crippen LogP contribution >= 0.6 is 0 Å². The van der Waals surface area contributed by atoms with Gasteiger partial charge in [-0.05, 0) is 20.8 Å². The second-order valence-corrected chi connectivity index (χ2v) is 6.26. The normalized spacial score (nSPS) is 17.3. The standard InChI is InChI=1S/C15H29N7O/c1-5-16-14(17-10-13-19-12-20-21(13)4)18-11-15(2,3)22-6-8-23-9-7-22/h12H,5-11H2,1-4H3,(H2,16,17,18). The number of aromatic nitrogens is 3. The molecule has 1 aromatic rings. The number of aryl methyl sites for hydroxylation is 1. The molecule has 23 heavy (non-hydrogen) atoms. The predicted molar refractivity (Wildman–Crippen MR) is 90.3 cm³/mol. The molecule has 8 heteroatoms. The Kier molecular flexibility index (Phi) is 6.35. The molecule has 130 valence electrons. The summed E-state index contributed by atoms with van der Waals surface area (Å²) in [7, 11) is 1.87. The number of nitrogens with zero attached hydrogens (tertiary/aromatic N) is 5. The molecule has 2 rings (SSSR count). The quantitative estimate of drug-likeness (QED) is 0.566. The molecule has 1 fully saturated rings. The highest BCUT2D eigenvalue weighted by Gasteiger charge is 2.28. The Morgan fingerprint density at radius 1 is 1.35 bits per heavy atom.